The fraction of sp³-hybridized carbons (Fsp3) is 0.500. The van der Waals surface area contributed by atoms with E-state index < -0.39 is 0 Å². The van der Waals surface area contributed by atoms with Crippen molar-refractivity contribution in [3.8, 4) is 5.75 Å². The van der Waals surface area contributed by atoms with E-state index in [1.807, 2.05) is 36.2 Å². The molecule has 4 heteroatoms. The molecule has 1 saturated carbocycles. The Hall–Kier alpha value is -1.55. The molecule has 1 aliphatic carbocycles. The van der Waals surface area contributed by atoms with E-state index in [-0.39, 0.29) is 5.91 Å². The van der Waals surface area contributed by atoms with E-state index in [9.17, 15) is 4.79 Å². The van der Waals surface area contributed by atoms with E-state index in [0.29, 0.717) is 12.6 Å². The lowest BCUT2D eigenvalue weighted by atomic mass is 10.2. The molecule has 0 bridgehead atoms. The third-order valence-corrected chi connectivity index (χ3v) is 2.94. The van der Waals surface area contributed by atoms with Crippen molar-refractivity contribution in [2.75, 3.05) is 20.7 Å². The predicted octanol–water partition coefficient (Wildman–Crippen LogP) is 1.41. The molecular formula is C14H20N2O2. The maximum Gasteiger partial charge on any atom is 0.234 e. The van der Waals surface area contributed by atoms with Crippen molar-refractivity contribution in [1.82, 2.24) is 10.2 Å². The minimum absolute atomic E-state index is 0.114. The zero-order valence-electron chi connectivity index (χ0n) is 11.0. The maximum atomic E-state index is 11.6. The summed E-state index contributed by atoms with van der Waals surface area (Å²) < 4.78 is 5.18. The van der Waals surface area contributed by atoms with Crippen LogP contribution in [0.3, 0.4) is 0 Å². The summed E-state index contributed by atoms with van der Waals surface area (Å²) in [6, 6.07) is 8.35. The zero-order chi connectivity index (χ0) is 13.0. The van der Waals surface area contributed by atoms with Gasteiger partial charge in [0.15, 0.2) is 0 Å². The van der Waals surface area contributed by atoms with Gasteiger partial charge in [-0.3, -0.25) is 9.69 Å². The van der Waals surface area contributed by atoms with Crippen LogP contribution >= 0.6 is 0 Å². The smallest absolute Gasteiger partial charge is 0.234 e. The van der Waals surface area contributed by atoms with Crippen LogP contribution in [-0.2, 0) is 11.3 Å². The Morgan fingerprint density at radius 1 is 1.50 bits per heavy atom. The average Bonchev–Trinajstić information content (AvgIpc) is 3.12. The van der Waals surface area contributed by atoms with Gasteiger partial charge in [-0.1, -0.05) is 12.1 Å². The minimum Gasteiger partial charge on any atom is -0.497 e. The molecule has 0 aliphatic heterocycles. The van der Waals surface area contributed by atoms with Crippen molar-refractivity contribution in [3.63, 3.8) is 0 Å². The van der Waals surface area contributed by atoms with Gasteiger partial charge >= 0.3 is 0 Å². The van der Waals surface area contributed by atoms with Gasteiger partial charge in [-0.25, -0.2) is 0 Å². The summed E-state index contributed by atoms with van der Waals surface area (Å²) in [7, 11) is 3.61. The van der Waals surface area contributed by atoms with E-state index in [1.54, 1.807) is 7.11 Å². The van der Waals surface area contributed by atoms with Crippen LogP contribution in [-0.4, -0.2) is 37.6 Å². The highest BCUT2D eigenvalue weighted by atomic mass is 16.5. The largest absolute Gasteiger partial charge is 0.497 e. The van der Waals surface area contributed by atoms with Crippen LogP contribution in [0.15, 0.2) is 24.3 Å². The second-order valence-corrected chi connectivity index (χ2v) is 4.87. The van der Waals surface area contributed by atoms with Gasteiger partial charge in [-0.2, -0.15) is 0 Å². The fourth-order valence-electron chi connectivity index (χ4n) is 1.88. The molecule has 18 heavy (non-hydrogen) atoms. The van der Waals surface area contributed by atoms with Crippen molar-refractivity contribution < 1.29 is 9.53 Å². The second-order valence-electron chi connectivity index (χ2n) is 4.87. The molecule has 1 aromatic rings. The Labute approximate surface area is 108 Å². The molecule has 1 N–H and O–H groups in total. The molecule has 0 unspecified atom stereocenters. The summed E-state index contributed by atoms with van der Waals surface area (Å²) >= 11 is 0. The highest BCUT2D eigenvalue weighted by molar-refractivity contribution is 5.78. The van der Waals surface area contributed by atoms with Crippen molar-refractivity contribution >= 4 is 5.91 Å². The van der Waals surface area contributed by atoms with Crippen LogP contribution in [0.5, 0.6) is 5.75 Å². The SMILES string of the molecule is COc1cccc(CN(C)CC(=O)NC2CC2)c1. The van der Waals surface area contributed by atoms with Gasteiger partial charge in [0.2, 0.25) is 5.91 Å². The number of methoxy groups -OCH3 is 1. The number of ether oxygens (including phenoxy) is 1. The molecule has 0 atom stereocenters. The van der Waals surface area contributed by atoms with Crippen molar-refractivity contribution in [3.05, 3.63) is 29.8 Å². The molecule has 0 aromatic heterocycles. The Kier molecular flexibility index (Phi) is 4.20. The maximum absolute atomic E-state index is 11.6. The number of hydrogen-bond acceptors (Lipinski definition) is 3. The fourth-order valence-corrected chi connectivity index (χ4v) is 1.88. The summed E-state index contributed by atoms with van der Waals surface area (Å²) in [4.78, 5) is 13.6. The number of nitrogens with zero attached hydrogens (tertiary/aromatic N) is 1. The number of likely N-dealkylation sites (N-methyl/N-ethyl adjacent to an activating group) is 1. The second kappa shape index (κ2) is 5.87. The lowest BCUT2D eigenvalue weighted by Gasteiger charge is -2.16. The van der Waals surface area contributed by atoms with Gasteiger partial charge < -0.3 is 10.1 Å². The number of amides is 1. The molecule has 0 spiro atoms. The van der Waals surface area contributed by atoms with Crippen LogP contribution in [0.1, 0.15) is 18.4 Å². The van der Waals surface area contributed by atoms with Crippen molar-refractivity contribution in [2.24, 2.45) is 0 Å². The van der Waals surface area contributed by atoms with Gasteiger partial charge in [-0.05, 0) is 37.6 Å². The summed E-state index contributed by atoms with van der Waals surface area (Å²) in [6.45, 7) is 1.18. The molecule has 0 saturated heterocycles. The minimum atomic E-state index is 0.114. The third-order valence-electron chi connectivity index (χ3n) is 2.94. The first-order valence-electron chi connectivity index (χ1n) is 6.28. The third kappa shape index (κ3) is 4.04. The molecule has 98 valence electrons. The predicted molar refractivity (Wildman–Crippen MR) is 70.5 cm³/mol. The first-order valence-corrected chi connectivity index (χ1v) is 6.28. The molecule has 1 aliphatic rings. The number of carbonyl (C=O) groups is 1. The van der Waals surface area contributed by atoms with Crippen LogP contribution in [0, 0.1) is 0 Å². The van der Waals surface area contributed by atoms with E-state index in [2.05, 4.69) is 5.32 Å². The summed E-state index contributed by atoms with van der Waals surface area (Å²) in [5.74, 6) is 0.964. The summed E-state index contributed by atoms with van der Waals surface area (Å²) in [6.07, 6.45) is 2.26. The van der Waals surface area contributed by atoms with E-state index in [4.69, 9.17) is 4.74 Å². The lowest BCUT2D eigenvalue weighted by molar-refractivity contribution is -0.122. The van der Waals surface area contributed by atoms with Crippen LogP contribution < -0.4 is 10.1 Å². The van der Waals surface area contributed by atoms with Crippen LogP contribution in [0.2, 0.25) is 0 Å². The first kappa shape index (κ1) is 12.9. The standard InChI is InChI=1S/C14H20N2O2/c1-16(10-14(17)15-12-6-7-12)9-11-4-3-5-13(8-11)18-2/h3-5,8,12H,6-7,9-10H2,1-2H3,(H,15,17). The Morgan fingerprint density at radius 2 is 2.28 bits per heavy atom. The Bertz CT molecular complexity index is 416. The normalized spacial score (nSPS) is 14.6. The highest BCUT2D eigenvalue weighted by Crippen LogP contribution is 2.18. The van der Waals surface area contributed by atoms with Crippen molar-refractivity contribution in [1.29, 1.82) is 0 Å². The van der Waals surface area contributed by atoms with E-state index >= 15 is 0 Å². The number of hydrogen-bond donors (Lipinski definition) is 1. The molecular weight excluding hydrogens is 228 g/mol. The van der Waals surface area contributed by atoms with Crippen molar-refractivity contribution in [2.45, 2.75) is 25.4 Å². The zero-order valence-corrected chi connectivity index (χ0v) is 11.0. The number of rotatable bonds is 6. The molecule has 0 radical (unpaired) electrons. The first-order chi connectivity index (χ1) is 8.67. The van der Waals surface area contributed by atoms with Crippen LogP contribution in [0.4, 0.5) is 0 Å². The van der Waals surface area contributed by atoms with E-state index in [1.165, 1.54) is 0 Å². The highest BCUT2D eigenvalue weighted by Gasteiger charge is 2.23. The topological polar surface area (TPSA) is 41.6 Å². The number of benzene rings is 1. The van der Waals surface area contributed by atoms with Gasteiger partial charge in [0.1, 0.15) is 5.75 Å². The molecule has 2 rings (SSSR count). The van der Waals surface area contributed by atoms with Gasteiger partial charge in [0, 0.05) is 12.6 Å². The number of carbonyl (C=O) groups excluding carboxylic acids is 1. The monoisotopic (exact) mass is 248 g/mol. The lowest BCUT2D eigenvalue weighted by Crippen LogP contribution is -2.35. The van der Waals surface area contributed by atoms with Gasteiger partial charge in [-0.15, -0.1) is 0 Å². The van der Waals surface area contributed by atoms with E-state index in [0.717, 1.165) is 30.7 Å². The molecule has 0 heterocycles. The Balaban J connectivity index is 1.81. The molecule has 1 fully saturated rings. The van der Waals surface area contributed by atoms with Crippen LogP contribution in [0.25, 0.3) is 0 Å². The average molecular weight is 248 g/mol. The van der Waals surface area contributed by atoms with Gasteiger partial charge in [0.25, 0.3) is 0 Å². The summed E-state index contributed by atoms with van der Waals surface area (Å²) in [5, 5.41) is 2.99. The Morgan fingerprint density at radius 3 is 2.94 bits per heavy atom. The molecule has 4 nitrogen and oxygen atoms in total. The van der Waals surface area contributed by atoms with Gasteiger partial charge in [0.05, 0.1) is 13.7 Å². The molecule has 1 aromatic carbocycles. The summed E-state index contributed by atoms with van der Waals surface area (Å²) in [5.41, 5.74) is 1.15. The quantitative estimate of drug-likeness (QED) is 0.827. The molecule has 1 amide bonds. The number of nitrogens with one attached hydrogen (secondary N) is 1.